The van der Waals surface area contributed by atoms with Crippen molar-refractivity contribution in [1.29, 1.82) is 0 Å². The van der Waals surface area contributed by atoms with Gasteiger partial charge >= 0.3 is 0 Å². The minimum Gasteiger partial charge on any atom is -0.383 e. The summed E-state index contributed by atoms with van der Waals surface area (Å²) in [5, 5.41) is 2.03. The minimum absolute atomic E-state index is 0.0377. The maximum absolute atomic E-state index is 12.5. The smallest absolute Gasteiger partial charge is 0.222 e. The Hall–Kier alpha value is -0.920. The van der Waals surface area contributed by atoms with Crippen LogP contribution in [0.15, 0.2) is 17.5 Å². The number of aryl methyl sites for hydroxylation is 1. The summed E-state index contributed by atoms with van der Waals surface area (Å²) in [5.41, 5.74) is 0. The first kappa shape index (κ1) is 17.4. The van der Waals surface area contributed by atoms with E-state index in [1.807, 2.05) is 11.4 Å². The fourth-order valence-electron chi connectivity index (χ4n) is 2.73. The Balaban J connectivity index is 1.88. The molecule has 0 radical (unpaired) electrons. The first-order chi connectivity index (χ1) is 10.5. The molecule has 0 aromatic carbocycles. The van der Waals surface area contributed by atoms with Crippen molar-refractivity contribution in [2.75, 3.05) is 31.8 Å². The van der Waals surface area contributed by atoms with Crippen LogP contribution in [0.3, 0.4) is 0 Å². The lowest BCUT2D eigenvalue weighted by Crippen LogP contribution is -2.43. The summed E-state index contributed by atoms with van der Waals surface area (Å²) >= 11 is 1.70. The summed E-state index contributed by atoms with van der Waals surface area (Å²) in [6, 6.07) is 3.90. The number of ether oxygens (including phenoxy) is 1. The summed E-state index contributed by atoms with van der Waals surface area (Å²) in [5.74, 6) is 0.312. The van der Waals surface area contributed by atoms with E-state index >= 15 is 0 Å². The van der Waals surface area contributed by atoms with E-state index in [4.69, 9.17) is 4.74 Å². The van der Waals surface area contributed by atoms with Gasteiger partial charge in [0.2, 0.25) is 5.91 Å². The molecule has 0 saturated carbocycles. The summed E-state index contributed by atoms with van der Waals surface area (Å²) in [6.07, 6.45) is 2.69. The molecule has 5 nitrogen and oxygen atoms in total. The predicted octanol–water partition coefficient (Wildman–Crippen LogP) is 1.73. The molecular weight excluding hydrogens is 322 g/mol. The Bertz CT molecular complexity index is 568. The van der Waals surface area contributed by atoms with E-state index in [0.29, 0.717) is 26.0 Å². The lowest BCUT2D eigenvalue weighted by Gasteiger charge is -2.28. The number of sulfone groups is 1. The van der Waals surface area contributed by atoms with Crippen molar-refractivity contribution in [3.8, 4) is 0 Å². The highest BCUT2D eigenvalue weighted by atomic mass is 32.2. The molecule has 1 fully saturated rings. The van der Waals surface area contributed by atoms with Crippen molar-refractivity contribution in [2.24, 2.45) is 0 Å². The average Bonchev–Trinajstić information content (AvgIpc) is 3.09. The molecule has 1 aromatic rings. The van der Waals surface area contributed by atoms with Crippen LogP contribution < -0.4 is 0 Å². The molecule has 124 valence electrons. The van der Waals surface area contributed by atoms with E-state index in [1.54, 1.807) is 23.3 Å². The quantitative estimate of drug-likeness (QED) is 0.720. The minimum atomic E-state index is -2.99. The number of carbonyl (C=O) groups excluding carboxylic acids is 1. The number of hydrogen-bond acceptors (Lipinski definition) is 5. The third kappa shape index (κ3) is 5.07. The molecule has 7 heteroatoms. The van der Waals surface area contributed by atoms with E-state index in [-0.39, 0.29) is 23.5 Å². The lowest BCUT2D eigenvalue weighted by molar-refractivity contribution is -0.133. The largest absolute Gasteiger partial charge is 0.383 e. The predicted molar refractivity (Wildman–Crippen MR) is 87.9 cm³/mol. The van der Waals surface area contributed by atoms with Crippen LogP contribution in [0.1, 0.15) is 24.1 Å². The molecule has 0 N–H and O–H groups in total. The van der Waals surface area contributed by atoms with Crippen LogP contribution in [0.25, 0.3) is 0 Å². The maximum atomic E-state index is 12.5. The van der Waals surface area contributed by atoms with Gasteiger partial charge < -0.3 is 9.64 Å². The van der Waals surface area contributed by atoms with Crippen LogP contribution in [0.2, 0.25) is 0 Å². The van der Waals surface area contributed by atoms with Crippen molar-refractivity contribution < 1.29 is 17.9 Å². The van der Waals surface area contributed by atoms with Crippen molar-refractivity contribution in [3.63, 3.8) is 0 Å². The Labute approximate surface area is 136 Å². The molecule has 1 atom stereocenters. The highest BCUT2D eigenvalue weighted by Gasteiger charge is 2.34. The van der Waals surface area contributed by atoms with E-state index < -0.39 is 9.84 Å². The SMILES string of the molecule is COCCN(C(=O)CCCc1cccs1)C1CCS(=O)(=O)C1. The van der Waals surface area contributed by atoms with Gasteiger partial charge in [-0.25, -0.2) is 8.42 Å². The highest BCUT2D eigenvalue weighted by Crippen LogP contribution is 2.19. The van der Waals surface area contributed by atoms with Crippen LogP contribution in [0.4, 0.5) is 0 Å². The second-order valence-corrected chi connectivity index (χ2v) is 8.83. The monoisotopic (exact) mass is 345 g/mol. The number of hydrogen-bond donors (Lipinski definition) is 0. The van der Waals surface area contributed by atoms with Gasteiger partial charge in [-0.3, -0.25) is 4.79 Å². The van der Waals surface area contributed by atoms with E-state index in [1.165, 1.54) is 4.88 Å². The molecule has 0 aliphatic carbocycles. The van der Waals surface area contributed by atoms with Gasteiger partial charge in [-0.05, 0) is 30.7 Å². The average molecular weight is 345 g/mol. The summed E-state index contributed by atoms with van der Waals surface area (Å²) in [6.45, 7) is 0.904. The maximum Gasteiger partial charge on any atom is 0.222 e. The molecule has 22 heavy (non-hydrogen) atoms. The zero-order valence-electron chi connectivity index (χ0n) is 12.9. The summed E-state index contributed by atoms with van der Waals surface area (Å²) < 4.78 is 28.3. The van der Waals surface area contributed by atoms with Gasteiger partial charge in [-0.2, -0.15) is 0 Å². The molecule has 1 saturated heterocycles. The van der Waals surface area contributed by atoms with Crippen molar-refractivity contribution >= 4 is 27.1 Å². The van der Waals surface area contributed by atoms with Crippen molar-refractivity contribution in [3.05, 3.63) is 22.4 Å². The first-order valence-electron chi connectivity index (χ1n) is 7.53. The molecule has 1 aliphatic heterocycles. The van der Waals surface area contributed by atoms with Crippen LogP contribution in [0, 0.1) is 0 Å². The Morgan fingerprint density at radius 3 is 2.91 bits per heavy atom. The van der Waals surface area contributed by atoms with Gasteiger partial charge in [0.05, 0.1) is 18.1 Å². The van der Waals surface area contributed by atoms with Crippen LogP contribution in [-0.4, -0.2) is 57.0 Å². The number of rotatable bonds is 8. The molecular formula is C15H23NO4S2. The van der Waals surface area contributed by atoms with E-state index in [2.05, 4.69) is 6.07 Å². The Morgan fingerprint density at radius 2 is 2.32 bits per heavy atom. The summed E-state index contributed by atoms with van der Waals surface area (Å²) in [4.78, 5) is 15.4. The standard InChI is InChI=1S/C15H23NO4S2/c1-20-9-8-16(13-7-11-22(18,19)12-13)15(17)6-2-4-14-5-3-10-21-14/h3,5,10,13H,2,4,6-9,11-12H2,1H3. The zero-order chi connectivity index (χ0) is 16.0. The first-order valence-corrected chi connectivity index (χ1v) is 10.2. The number of thiophene rings is 1. The second-order valence-electron chi connectivity index (χ2n) is 5.57. The van der Waals surface area contributed by atoms with Crippen LogP contribution >= 0.6 is 11.3 Å². The molecule has 1 aromatic heterocycles. The van der Waals surface area contributed by atoms with Gasteiger partial charge in [-0.1, -0.05) is 6.07 Å². The molecule has 2 heterocycles. The molecule has 2 rings (SSSR count). The van der Waals surface area contributed by atoms with Crippen molar-refractivity contribution in [1.82, 2.24) is 4.90 Å². The fourth-order valence-corrected chi connectivity index (χ4v) is 5.22. The van der Waals surface area contributed by atoms with E-state index in [9.17, 15) is 13.2 Å². The van der Waals surface area contributed by atoms with Gasteiger partial charge in [-0.15, -0.1) is 11.3 Å². The molecule has 0 spiro atoms. The fraction of sp³-hybridized carbons (Fsp3) is 0.667. The molecule has 0 bridgehead atoms. The van der Waals surface area contributed by atoms with E-state index in [0.717, 1.165) is 12.8 Å². The second kappa shape index (κ2) is 8.08. The lowest BCUT2D eigenvalue weighted by atomic mass is 10.1. The van der Waals surface area contributed by atoms with Crippen LogP contribution in [0.5, 0.6) is 0 Å². The number of methoxy groups -OCH3 is 1. The Morgan fingerprint density at radius 1 is 1.50 bits per heavy atom. The normalized spacial score (nSPS) is 20.1. The topological polar surface area (TPSA) is 63.7 Å². The third-order valence-corrected chi connectivity index (χ3v) is 6.59. The number of nitrogens with zero attached hydrogens (tertiary/aromatic N) is 1. The highest BCUT2D eigenvalue weighted by molar-refractivity contribution is 7.91. The summed E-state index contributed by atoms with van der Waals surface area (Å²) in [7, 11) is -1.40. The van der Waals surface area contributed by atoms with Gasteiger partial charge in [0.15, 0.2) is 9.84 Å². The molecule has 1 aliphatic rings. The van der Waals surface area contributed by atoms with Crippen molar-refractivity contribution in [2.45, 2.75) is 31.7 Å². The number of carbonyl (C=O) groups is 1. The number of amides is 1. The van der Waals surface area contributed by atoms with Crippen LogP contribution in [-0.2, 0) is 25.8 Å². The zero-order valence-corrected chi connectivity index (χ0v) is 14.5. The van der Waals surface area contributed by atoms with Gasteiger partial charge in [0.1, 0.15) is 0 Å². The Kier molecular flexibility index (Phi) is 6.40. The van der Waals surface area contributed by atoms with Gasteiger partial charge in [0.25, 0.3) is 0 Å². The molecule has 1 amide bonds. The molecule has 1 unspecified atom stereocenters. The third-order valence-electron chi connectivity index (χ3n) is 3.90. The van der Waals surface area contributed by atoms with Gasteiger partial charge in [0, 0.05) is 31.0 Å².